The minimum atomic E-state index is -4.10. The lowest BCUT2D eigenvalue weighted by atomic mass is 10.2. The standard InChI is InChI=1S/C11H13NO6S/c1-3-11(13)8(2)18-19(16,17)10-6-4-9(5-7-10)12(14)15/h4-8H,3H2,1-2H3. The Balaban J connectivity index is 2.94. The molecule has 0 N–H and O–H groups in total. The average molecular weight is 287 g/mol. The van der Waals surface area contributed by atoms with Gasteiger partial charge in [-0.2, -0.15) is 8.42 Å². The summed E-state index contributed by atoms with van der Waals surface area (Å²) >= 11 is 0. The highest BCUT2D eigenvalue weighted by Gasteiger charge is 2.23. The van der Waals surface area contributed by atoms with E-state index in [0.29, 0.717) is 0 Å². The van der Waals surface area contributed by atoms with Gasteiger partial charge in [-0.15, -0.1) is 0 Å². The minimum absolute atomic E-state index is 0.164. The number of nitro benzene ring substituents is 1. The number of Topliss-reactive ketones (excluding diaryl/α,β-unsaturated/α-hetero) is 1. The van der Waals surface area contributed by atoms with Gasteiger partial charge in [-0.3, -0.25) is 19.1 Å². The molecule has 0 saturated carbocycles. The first-order valence-corrected chi connectivity index (χ1v) is 6.89. The van der Waals surface area contributed by atoms with Gasteiger partial charge in [-0.1, -0.05) is 6.92 Å². The van der Waals surface area contributed by atoms with Crippen molar-refractivity contribution < 1.29 is 22.3 Å². The second kappa shape index (κ2) is 5.89. The van der Waals surface area contributed by atoms with Crippen molar-refractivity contribution in [3.8, 4) is 0 Å². The molecule has 1 unspecified atom stereocenters. The van der Waals surface area contributed by atoms with E-state index in [1.807, 2.05) is 0 Å². The summed E-state index contributed by atoms with van der Waals surface area (Å²) in [5, 5.41) is 10.4. The summed E-state index contributed by atoms with van der Waals surface area (Å²) in [5.74, 6) is -0.342. The Labute approximate surface area is 110 Å². The van der Waals surface area contributed by atoms with Gasteiger partial charge in [-0.25, -0.2) is 0 Å². The zero-order chi connectivity index (χ0) is 14.6. The fourth-order valence-electron chi connectivity index (χ4n) is 1.32. The normalized spacial score (nSPS) is 12.9. The predicted octanol–water partition coefficient (Wildman–Crippen LogP) is 1.67. The molecule has 0 aliphatic heterocycles. The van der Waals surface area contributed by atoms with Crippen LogP contribution in [0.4, 0.5) is 5.69 Å². The van der Waals surface area contributed by atoms with Gasteiger partial charge in [0.25, 0.3) is 15.8 Å². The molecule has 0 radical (unpaired) electrons. The molecule has 0 aromatic heterocycles. The van der Waals surface area contributed by atoms with Crippen LogP contribution in [0.5, 0.6) is 0 Å². The minimum Gasteiger partial charge on any atom is -0.297 e. The van der Waals surface area contributed by atoms with Crippen LogP contribution < -0.4 is 0 Å². The van der Waals surface area contributed by atoms with Crippen LogP contribution in [-0.4, -0.2) is 25.2 Å². The van der Waals surface area contributed by atoms with Crippen LogP contribution >= 0.6 is 0 Å². The number of hydrogen-bond acceptors (Lipinski definition) is 6. The van der Waals surface area contributed by atoms with Crippen molar-refractivity contribution in [2.45, 2.75) is 31.3 Å². The first-order chi connectivity index (χ1) is 8.77. The van der Waals surface area contributed by atoms with Gasteiger partial charge in [0.05, 0.1) is 9.82 Å². The van der Waals surface area contributed by atoms with Gasteiger partial charge in [0.15, 0.2) is 5.78 Å². The first kappa shape index (κ1) is 15.3. The molecule has 8 heteroatoms. The topological polar surface area (TPSA) is 104 Å². The molecule has 0 fully saturated rings. The Bertz CT molecular complexity index is 578. The molecule has 1 rings (SSSR count). The van der Waals surface area contributed by atoms with Gasteiger partial charge in [-0.05, 0) is 19.1 Å². The molecule has 0 spiro atoms. The van der Waals surface area contributed by atoms with E-state index in [4.69, 9.17) is 4.18 Å². The number of ketones is 1. The molecule has 0 aliphatic carbocycles. The molecule has 0 heterocycles. The molecule has 7 nitrogen and oxygen atoms in total. The van der Waals surface area contributed by atoms with Crippen LogP contribution in [0.1, 0.15) is 20.3 Å². The lowest BCUT2D eigenvalue weighted by molar-refractivity contribution is -0.384. The largest absolute Gasteiger partial charge is 0.297 e. The summed E-state index contributed by atoms with van der Waals surface area (Å²) in [5.41, 5.74) is -0.225. The smallest absolute Gasteiger partial charge is 0.297 e. The molecule has 104 valence electrons. The lowest BCUT2D eigenvalue weighted by Gasteiger charge is -2.10. The quantitative estimate of drug-likeness (QED) is 0.448. The molecule has 0 saturated heterocycles. The molecule has 19 heavy (non-hydrogen) atoms. The van der Waals surface area contributed by atoms with E-state index in [-0.39, 0.29) is 22.8 Å². The average Bonchev–Trinajstić information content (AvgIpc) is 2.37. The van der Waals surface area contributed by atoms with Gasteiger partial charge < -0.3 is 0 Å². The Hall–Kier alpha value is -1.80. The molecule has 1 aromatic carbocycles. The van der Waals surface area contributed by atoms with Crippen molar-refractivity contribution in [2.75, 3.05) is 0 Å². The van der Waals surface area contributed by atoms with Gasteiger partial charge in [0, 0.05) is 18.6 Å². The van der Waals surface area contributed by atoms with Crippen molar-refractivity contribution in [2.24, 2.45) is 0 Å². The highest BCUT2D eigenvalue weighted by atomic mass is 32.2. The fourth-order valence-corrected chi connectivity index (χ4v) is 2.39. The van der Waals surface area contributed by atoms with Crippen LogP contribution in [0.15, 0.2) is 29.2 Å². The molecule has 0 amide bonds. The zero-order valence-corrected chi connectivity index (χ0v) is 11.2. The number of nitrogens with zero attached hydrogens (tertiary/aromatic N) is 1. The van der Waals surface area contributed by atoms with Gasteiger partial charge >= 0.3 is 0 Å². The van der Waals surface area contributed by atoms with E-state index < -0.39 is 21.1 Å². The predicted molar refractivity (Wildman–Crippen MR) is 66.1 cm³/mol. The lowest BCUT2D eigenvalue weighted by Crippen LogP contribution is -2.23. The van der Waals surface area contributed by atoms with Crippen LogP contribution in [0, 0.1) is 10.1 Å². The molecule has 1 atom stereocenters. The van der Waals surface area contributed by atoms with Crippen LogP contribution in [0.2, 0.25) is 0 Å². The third-order valence-corrected chi connectivity index (χ3v) is 3.80. The Morgan fingerprint density at radius 1 is 1.37 bits per heavy atom. The van der Waals surface area contributed by atoms with Gasteiger partial charge in [0.1, 0.15) is 6.10 Å². The SMILES string of the molecule is CCC(=O)C(C)OS(=O)(=O)c1ccc([N+](=O)[O-])cc1. The summed E-state index contributed by atoms with van der Waals surface area (Å²) in [7, 11) is -4.10. The van der Waals surface area contributed by atoms with E-state index in [1.165, 1.54) is 6.92 Å². The number of benzene rings is 1. The van der Waals surface area contributed by atoms with E-state index in [1.54, 1.807) is 6.92 Å². The van der Waals surface area contributed by atoms with E-state index >= 15 is 0 Å². The molecular weight excluding hydrogens is 274 g/mol. The maximum Gasteiger partial charge on any atom is 0.297 e. The summed E-state index contributed by atoms with van der Waals surface area (Å²) in [6.45, 7) is 2.94. The van der Waals surface area contributed by atoms with Crippen LogP contribution in [0.3, 0.4) is 0 Å². The van der Waals surface area contributed by atoms with E-state index in [2.05, 4.69) is 0 Å². The zero-order valence-electron chi connectivity index (χ0n) is 10.4. The number of carbonyl (C=O) groups excluding carboxylic acids is 1. The van der Waals surface area contributed by atoms with Crippen molar-refractivity contribution in [1.29, 1.82) is 0 Å². The second-order valence-corrected chi connectivity index (χ2v) is 5.34. The highest BCUT2D eigenvalue weighted by molar-refractivity contribution is 7.86. The molecule has 1 aromatic rings. The summed E-state index contributed by atoms with van der Waals surface area (Å²) in [6.07, 6.45) is -0.915. The highest BCUT2D eigenvalue weighted by Crippen LogP contribution is 2.19. The summed E-state index contributed by atoms with van der Waals surface area (Å²) in [4.78, 5) is 20.9. The van der Waals surface area contributed by atoms with Crippen LogP contribution in [0.25, 0.3) is 0 Å². The van der Waals surface area contributed by atoms with E-state index in [9.17, 15) is 23.3 Å². The van der Waals surface area contributed by atoms with Crippen molar-refractivity contribution in [3.63, 3.8) is 0 Å². The number of non-ortho nitro benzene ring substituents is 1. The number of rotatable bonds is 6. The Kier molecular flexibility index (Phi) is 4.73. The van der Waals surface area contributed by atoms with Gasteiger partial charge in [0.2, 0.25) is 0 Å². The maximum absolute atomic E-state index is 11.8. The number of nitro groups is 1. The van der Waals surface area contributed by atoms with E-state index in [0.717, 1.165) is 24.3 Å². The second-order valence-electron chi connectivity index (χ2n) is 3.76. The monoisotopic (exact) mass is 287 g/mol. The fraction of sp³-hybridized carbons (Fsp3) is 0.364. The Morgan fingerprint density at radius 3 is 2.32 bits per heavy atom. The molecule has 0 aliphatic rings. The van der Waals surface area contributed by atoms with Crippen molar-refractivity contribution in [3.05, 3.63) is 34.4 Å². The number of carbonyl (C=O) groups is 1. The third kappa shape index (κ3) is 3.83. The Morgan fingerprint density at radius 2 is 1.89 bits per heavy atom. The van der Waals surface area contributed by atoms with Crippen LogP contribution in [-0.2, 0) is 19.1 Å². The summed E-state index contributed by atoms with van der Waals surface area (Å²) < 4.78 is 28.3. The summed E-state index contributed by atoms with van der Waals surface area (Å²) in [6, 6.07) is 4.25. The maximum atomic E-state index is 11.8. The van der Waals surface area contributed by atoms with Crippen molar-refractivity contribution in [1.82, 2.24) is 0 Å². The molecule has 0 bridgehead atoms. The number of hydrogen-bond donors (Lipinski definition) is 0. The third-order valence-electron chi connectivity index (χ3n) is 2.41. The molecular formula is C11H13NO6S. The first-order valence-electron chi connectivity index (χ1n) is 5.48. The van der Waals surface area contributed by atoms with Crippen molar-refractivity contribution >= 4 is 21.6 Å².